The molecule has 2 aromatic heterocycles. The maximum atomic E-state index is 5.42. The monoisotopic (exact) mass is 313 g/mol. The van der Waals surface area contributed by atoms with Gasteiger partial charge in [0.15, 0.2) is 0 Å². The molecule has 1 atom stereocenters. The van der Waals surface area contributed by atoms with Crippen LogP contribution in [-0.2, 0) is 4.74 Å². The van der Waals surface area contributed by atoms with E-state index in [4.69, 9.17) is 4.74 Å². The molecule has 2 aromatic rings. The third-order valence-corrected chi connectivity index (χ3v) is 3.38. The van der Waals surface area contributed by atoms with Crippen LogP contribution < -0.4 is 5.32 Å². The Morgan fingerprint density at radius 1 is 1.47 bits per heavy atom. The molecule has 0 aliphatic rings. The van der Waals surface area contributed by atoms with Crippen molar-refractivity contribution in [3.63, 3.8) is 0 Å². The lowest BCUT2D eigenvalue weighted by molar-refractivity contribution is 0.114. The first-order valence-electron chi connectivity index (χ1n) is 5.06. The zero-order chi connectivity index (χ0) is 12.1. The van der Waals surface area contributed by atoms with Crippen molar-refractivity contribution in [2.45, 2.75) is 6.10 Å². The second-order valence-corrected chi connectivity index (χ2v) is 5.08. The van der Waals surface area contributed by atoms with E-state index in [0.717, 1.165) is 4.47 Å². The lowest BCUT2D eigenvalue weighted by Gasteiger charge is -2.14. The maximum Gasteiger partial charge on any atom is 0.222 e. The van der Waals surface area contributed by atoms with Crippen LogP contribution in [0.1, 0.15) is 11.7 Å². The fourth-order valence-electron chi connectivity index (χ4n) is 1.38. The number of hydrogen-bond acceptors (Lipinski definition) is 5. The van der Waals surface area contributed by atoms with Gasteiger partial charge in [0.2, 0.25) is 5.95 Å². The molecule has 1 N–H and O–H groups in total. The number of hydrogen-bond donors (Lipinski definition) is 1. The molecule has 0 radical (unpaired) electrons. The maximum absolute atomic E-state index is 5.42. The van der Waals surface area contributed by atoms with Gasteiger partial charge in [0, 0.05) is 26.0 Å². The summed E-state index contributed by atoms with van der Waals surface area (Å²) < 4.78 is 6.28. The van der Waals surface area contributed by atoms with E-state index in [1.807, 2.05) is 5.38 Å². The summed E-state index contributed by atoms with van der Waals surface area (Å²) in [6.07, 6.45) is 3.44. The smallest absolute Gasteiger partial charge is 0.222 e. The second-order valence-electron chi connectivity index (χ2n) is 3.39. The number of thiophene rings is 1. The number of anilines is 1. The van der Waals surface area contributed by atoms with Crippen molar-refractivity contribution >= 4 is 33.2 Å². The molecule has 4 nitrogen and oxygen atoms in total. The van der Waals surface area contributed by atoms with Crippen molar-refractivity contribution in [3.05, 3.63) is 39.3 Å². The van der Waals surface area contributed by atoms with E-state index in [2.05, 4.69) is 42.7 Å². The molecule has 0 saturated carbocycles. The Balaban J connectivity index is 1.94. The van der Waals surface area contributed by atoms with E-state index in [1.165, 1.54) is 5.56 Å². The molecule has 0 bridgehead atoms. The van der Waals surface area contributed by atoms with Gasteiger partial charge in [-0.3, -0.25) is 0 Å². The van der Waals surface area contributed by atoms with E-state index in [9.17, 15) is 0 Å². The summed E-state index contributed by atoms with van der Waals surface area (Å²) >= 11 is 4.96. The highest BCUT2D eigenvalue weighted by Gasteiger charge is 2.10. The minimum Gasteiger partial charge on any atom is -0.375 e. The number of nitrogens with zero attached hydrogens (tertiary/aromatic N) is 2. The van der Waals surface area contributed by atoms with Crippen molar-refractivity contribution < 1.29 is 4.74 Å². The second kappa shape index (κ2) is 6.09. The molecule has 2 heterocycles. The molecule has 0 fully saturated rings. The van der Waals surface area contributed by atoms with E-state index in [0.29, 0.717) is 12.5 Å². The van der Waals surface area contributed by atoms with Gasteiger partial charge in [0.25, 0.3) is 0 Å². The molecule has 0 amide bonds. The lowest BCUT2D eigenvalue weighted by Crippen LogP contribution is -2.15. The Morgan fingerprint density at radius 3 is 2.82 bits per heavy atom. The summed E-state index contributed by atoms with van der Waals surface area (Å²) in [4.78, 5) is 8.29. The standard InChI is InChI=1S/C11H12BrN3OS/c1-16-10(8-2-3-17-7-8)6-15-11-13-4-9(12)5-14-11/h2-5,7,10H,6H2,1H3,(H,13,14,15). The molecule has 0 aliphatic heterocycles. The number of halogens is 1. The van der Waals surface area contributed by atoms with Gasteiger partial charge in [0.1, 0.15) is 6.10 Å². The molecule has 17 heavy (non-hydrogen) atoms. The summed E-state index contributed by atoms with van der Waals surface area (Å²) in [5, 5.41) is 7.27. The Hall–Kier alpha value is -0.980. The third-order valence-electron chi connectivity index (χ3n) is 2.27. The summed E-state index contributed by atoms with van der Waals surface area (Å²) in [7, 11) is 1.70. The zero-order valence-electron chi connectivity index (χ0n) is 9.26. The normalized spacial score (nSPS) is 12.4. The van der Waals surface area contributed by atoms with Gasteiger partial charge < -0.3 is 10.1 Å². The van der Waals surface area contributed by atoms with Crippen molar-refractivity contribution in [1.82, 2.24) is 9.97 Å². The van der Waals surface area contributed by atoms with Crippen LogP contribution in [0.5, 0.6) is 0 Å². The topological polar surface area (TPSA) is 47.0 Å². The highest BCUT2D eigenvalue weighted by atomic mass is 79.9. The number of ether oxygens (including phenoxy) is 1. The molecule has 0 saturated heterocycles. The summed E-state index contributed by atoms with van der Waals surface area (Å²) in [6, 6.07) is 2.06. The van der Waals surface area contributed by atoms with Gasteiger partial charge in [-0.1, -0.05) is 0 Å². The molecular weight excluding hydrogens is 302 g/mol. The van der Waals surface area contributed by atoms with Crippen LogP contribution in [0.4, 0.5) is 5.95 Å². The first kappa shape index (κ1) is 12.5. The predicted molar refractivity (Wildman–Crippen MR) is 72.3 cm³/mol. The van der Waals surface area contributed by atoms with Crippen LogP contribution in [-0.4, -0.2) is 23.6 Å². The van der Waals surface area contributed by atoms with Gasteiger partial charge >= 0.3 is 0 Å². The van der Waals surface area contributed by atoms with Gasteiger partial charge in [0.05, 0.1) is 4.47 Å². The quantitative estimate of drug-likeness (QED) is 0.921. The summed E-state index contributed by atoms with van der Waals surface area (Å²) in [5.74, 6) is 0.602. The van der Waals surface area contributed by atoms with Crippen LogP contribution in [0.2, 0.25) is 0 Å². The zero-order valence-corrected chi connectivity index (χ0v) is 11.7. The van der Waals surface area contributed by atoms with Crippen molar-refractivity contribution in [2.24, 2.45) is 0 Å². The molecule has 2 rings (SSSR count). The Kier molecular flexibility index (Phi) is 4.47. The molecular formula is C11H12BrN3OS. The molecule has 0 aromatic carbocycles. The molecule has 6 heteroatoms. The largest absolute Gasteiger partial charge is 0.375 e. The lowest BCUT2D eigenvalue weighted by atomic mass is 10.2. The van der Waals surface area contributed by atoms with E-state index < -0.39 is 0 Å². The SMILES string of the molecule is COC(CNc1ncc(Br)cn1)c1ccsc1. The van der Waals surface area contributed by atoms with Crippen LogP contribution >= 0.6 is 27.3 Å². The number of aromatic nitrogens is 2. The van der Waals surface area contributed by atoms with Crippen molar-refractivity contribution in [2.75, 3.05) is 19.0 Å². The average Bonchev–Trinajstić information content (AvgIpc) is 2.86. The average molecular weight is 314 g/mol. The third kappa shape index (κ3) is 3.49. The highest BCUT2D eigenvalue weighted by Crippen LogP contribution is 2.19. The Bertz CT molecular complexity index is 446. The molecule has 0 aliphatic carbocycles. The number of rotatable bonds is 5. The van der Waals surface area contributed by atoms with Crippen LogP contribution in [0.3, 0.4) is 0 Å². The minimum absolute atomic E-state index is 0.0218. The Labute approximate surface area is 112 Å². The van der Waals surface area contributed by atoms with Gasteiger partial charge in [-0.05, 0) is 38.3 Å². The van der Waals surface area contributed by atoms with Crippen molar-refractivity contribution in [3.8, 4) is 0 Å². The van der Waals surface area contributed by atoms with E-state index in [1.54, 1.807) is 30.8 Å². The van der Waals surface area contributed by atoms with Crippen LogP contribution in [0.15, 0.2) is 33.7 Å². The first-order chi connectivity index (χ1) is 8.29. The van der Waals surface area contributed by atoms with E-state index in [-0.39, 0.29) is 6.10 Å². The number of nitrogens with one attached hydrogen (secondary N) is 1. The highest BCUT2D eigenvalue weighted by molar-refractivity contribution is 9.10. The van der Waals surface area contributed by atoms with Crippen LogP contribution in [0, 0.1) is 0 Å². The molecule has 0 spiro atoms. The van der Waals surface area contributed by atoms with Gasteiger partial charge in [-0.2, -0.15) is 11.3 Å². The fraction of sp³-hybridized carbons (Fsp3) is 0.273. The summed E-state index contributed by atoms with van der Waals surface area (Å²) in [6.45, 7) is 0.648. The fourth-order valence-corrected chi connectivity index (χ4v) is 2.29. The van der Waals surface area contributed by atoms with Crippen LogP contribution in [0.25, 0.3) is 0 Å². The number of methoxy groups -OCH3 is 1. The molecule has 90 valence electrons. The Morgan fingerprint density at radius 2 is 2.24 bits per heavy atom. The van der Waals surface area contributed by atoms with E-state index >= 15 is 0 Å². The minimum atomic E-state index is 0.0218. The summed E-state index contributed by atoms with van der Waals surface area (Å²) in [5.41, 5.74) is 1.17. The van der Waals surface area contributed by atoms with Gasteiger partial charge in [-0.25, -0.2) is 9.97 Å². The van der Waals surface area contributed by atoms with Crippen molar-refractivity contribution in [1.29, 1.82) is 0 Å². The predicted octanol–water partition coefficient (Wildman–Crippen LogP) is 3.10. The molecule has 1 unspecified atom stereocenters. The first-order valence-corrected chi connectivity index (χ1v) is 6.79. The van der Waals surface area contributed by atoms with Gasteiger partial charge in [-0.15, -0.1) is 0 Å².